The van der Waals surface area contributed by atoms with E-state index >= 15 is 0 Å². The van der Waals surface area contributed by atoms with Crippen LogP contribution in [0.2, 0.25) is 0 Å². The summed E-state index contributed by atoms with van der Waals surface area (Å²) in [5, 5.41) is 8.74. The normalized spacial score (nSPS) is 21.8. The number of aliphatic carboxylic acids is 1. The molecule has 0 radical (unpaired) electrons. The molecule has 1 aliphatic rings. The Kier molecular flexibility index (Phi) is 6.22. The van der Waals surface area contributed by atoms with Gasteiger partial charge in [0.25, 0.3) is 0 Å². The zero-order chi connectivity index (χ0) is 12.7. The summed E-state index contributed by atoms with van der Waals surface area (Å²) < 4.78 is 11.0. The van der Waals surface area contributed by atoms with Crippen molar-refractivity contribution in [1.29, 1.82) is 0 Å². The predicted molar refractivity (Wildman–Crippen MR) is 64.7 cm³/mol. The molecule has 4 heteroatoms. The second-order valence-electron chi connectivity index (χ2n) is 4.63. The Hall–Kier alpha value is -0.870. The lowest BCUT2D eigenvalue weighted by Crippen LogP contribution is -2.23. The summed E-state index contributed by atoms with van der Waals surface area (Å²) >= 11 is 0. The fourth-order valence-corrected chi connectivity index (χ4v) is 1.84. The van der Waals surface area contributed by atoms with Gasteiger partial charge in [0, 0.05) is 12.7 Å². The standard InChI is InChI=1S/C13H22O4/c1-10(2)11(9-12(14)15)6-8-17-13-5-3-4-7-16-13/h9-10,13H,3-8H2,1-2H3,(H,14,15). The van der Waals surface area contributed by atoms with Gasteiger partial charge in [-0.3, -0.25) is 0 Å². The zero-order valence-electron chi connectivity index (χ0n) is 10.6. The van der Waals surface area contributed by atoms with E-state index in [9.17, 15) is 4.79 Å². The van der Waals surface area contributed by atoms with Crippen LogP contribution in [0.25, 0.3) is 0 Å². The first-order valence-corrected chi connectivity index (χ1v) is 6.26. The van der Waals surface area contributed by atoms with Crippen molar-refractivity contribution in [3.05, 3.63) is 11.6 Å². The minimum atomic E-state index is -0.886. The van der Waals surface area contributed by atoms with Crippen LogP contribution in [0.3, 0.4) is 0 Å². The van der Waals surface area contributed by atoms with E-state index in [4.69, 9.17) is 14.6 Å². The third-order valence-corrected chi connectivity index (χ3v) is 2.88. The number of rotatable bonds is 6. The number of ether oxygens (including phenoxy) is 2. The maximum atomic E-state index is 10.6. The Balaban J connectivity index is 2.29. The maximum Gasteiger partial charge on any atom is 0.328 e. The molecule has 0 bridgehead atoms. The molecule has 17 heavy (non-hydrogen) atoms. The molecule has 1 fully saturated rings. The summed E-state index contributed by atoms with van der Waals surface area (Å²) in [6, 6.07) is 0. The van der Waals surface area contributed by atoms with Crippen LogP contribution in [-0.4, -0.2) is 30.6 Å². The predicted octanol–water partition coefficient (Wildman–Crippen LogP) is 2.59. The molecule has 1 saturated heterocycles. The molecular formula is C13H22O4. The highest BCUT2D eigenvalue weighted by atomic mass is 16.7. The van der Waals surface area contributed by atoms with Crippen molar-refractivity contribution in [3.63, 3.8) is 0 Å². The van der Waals surface area contributed by atoms with Crippen molar-refractivity contribution in [1.82, 2.24) is 0 Å². The molecule has 1 N–H and O–H groups in total. The van der Waals surface area contributed by atoms with Gasteiger partial charge in [-0.15, -0.1) is 0 Å². The molecule has 0 aliphatic carbocycles. The van der Waals surface area contributed by atoms with Crippen LogP contribution in [-0.2, 0) is 14.3 Å². The summed E-state index contributed by atoms with van der Waals surface area (Å²) in [6.45, 7) is 5.28. The molecule has 1 heterocycles. The monoisotopic (exact) mass is 242 g/mol. The number of hydrogen-bond donors (Lipinski definition) is 1. The first-order valence-electron chi connectivity index (χ1n) is 6.26. The van der Waals surface area contributed by atoms with Gasteiger partial charge in [0.1, 0.15) is 0 Å². The average molecular weight is 242 g/mol. The molecule has 1 aliphatic heterocycles. The summed E-state index contributed by atoms with van der Waals surface area (Å²) in [7, 11) is 0. The number of hydrogen-bond acceptors (Lipinski definition) is 3. The lowest BCUT2D eigenvalue weighted by Gasteiger charge is -2.23. The van der Waals surface area contributed by atoms with E-state index in [-0.39, 0.29) is 12.2 Å². The maximum absolute atomic E-state index is 10.6. The first-order chi connectivity index (χ1) is 8.09. The molecule has 0 saturated carbocycles. The minimum absolute atomic E-state index is 0.0954. The van der Waals surface area contributed by atoms with Crippen LogP contribution >= 0.6 is 0 Å². The fraction of sp³-hybridized carbons (Fsp3) is 0.769. The fourth-order valence-electron chi connectivity index (χ4n) is 1.84. The van der Waals surface area contributed by atoms with Crippen molar-refractivity contribution in [2.45, 2.75) is 45.8 Å². The van der Waals surface area contributed by atoms with Crippen LogP contribution in [0.4, 0.5) is 0 Å². The van der Waals surface area contributed by atoms with Gasteiger partial charge in [-0.2, -0.15) is 0 Å². The number of carboxylic acids is 1. The van der Waals surface area contributed by atoms with Gasteiger partial charge >= 0.3 is 5.97 Å². The Morgan fingerprint density at radius 1 is 1.53 bits per heavy atom. The van der Waals surface area contributed by atoms with Crippen LogP contribution in [0.5, 0.6) is 0 Å². The first kappa shape index (κ1) is 14.2. The third kappa shape index (κ3) is 5.84. The van der Waals surface area contributed by atoms with Gasteiger partial charge in [-0.05, 0) is 31.6 Å². The van der Waals surface area contributed by atoms with Crippen LogP contribution in [0, 0.1) is 5.92 Å². The Morgan fingerprint density at radius 3 is 2.82 bits per heavy atom. The van der Waals surface area contributed by atoms with E-state index in [1.807, 2.05) is 13.8 Å². The van der Waals surface area contributed by atoms with Gasteiger partial charge in [-0.25, -0.2) is 4.79 Å². The molecule has 1 rings (SSSR count). The van der Waals surface area contributed by atoms with E-state index in [0.29, 0.717) is 13.0 Å². The lowest BCUT2D eigenvalue weighted by atomic mass is 10.00. The van der Waals surface area contributed by atoms with Crippen molar-refractivity contribution in [2.24, 2.45) is 5.92 Å². The van der Waals surface area contributed by atoms with Crippen molar-refractivity contribution in [2.75, 3.05) is 13.2 Å². The molecule has 98 valence electrons. The SMILES string of the molecule is CC(C)C(=CC(=O)O)CCOC1CCCCO1. The summed E-state index contributed by atoms with van der Waals surface area (Å²) in [6.07, 6.45) is 5.05. The largest absolute Gasteiger partial charge is 0.478 e. The topological polar surface area (TPSA) is 55.8 Å². The Morgan fingerprint density at radius 2 is 2.29 bits per heavy atom. The van der Waals surface area contributed by atoms with Crippen LogP contribution in [0.1, 0.15) is 39.5 Å². The lowest BCUT2D eigenvalue weighted by molar-refractivity contribution is -0.161. The highest BCUT2D eigenvalue weighted by Crippen LogP contribution is 2.17. The van der Waals surface area contributed by atoms with Gasteiger partial charge in [0.2, 0.25) is 0 Å². The second kappa shape index (κ2) is 7.45. The third-order valence-electron chi connectivity index (χ3n) is 2.88. The molecule has 0 amide bonds. The van der Waals surface area contributed by atoms with E-state index in [0.717, 1.165) is 31.4 Å². The molecule has 1 unspecified atom stereocenters. The number of carboxylic acid groups (broad SMARTS) is 1. The smallest absolute Gasteiger partial charge is 0.328 e. The van der Waals surface area contributed by atoms with Crippen molar-refractivity contribution < 1.29 is 19.4 Å². The molecule has 1 atom stereocenters. The molecule has 0 aromatic carbocycles. The van der Waals surface area contributed by atoms with Crippen molar-refractivity contribution in [3.8, 4) is 0 Å². The molecule has 0 aromatic rings. The summed E-state index contributed by atoms with van der Waals surface area (Å²) in [5.41, 5.74) is 0.910. The van der Waals surface area contributed by atoms with Gasteiger partial charge in [0.05, 0.1) is 6.61 Å². The average Bonchev–Trinajstić information content (AvgIpc) is 2.28. The van der Waals surface area contributed by atoms with Gasteiger partial charge in [0.15, 0.2) is 6.29 Å². The van der Waals surface area contributed by atoms with Gasteiger partial charge < -0.3 is 14.6 Å². The minimum Gasteiger partial charge on any atom is -0.478 e. The van der Waals surface area contributed by atoms with Crippen molar-refractivity contribution >= 4 is 5.97 Å². The summed E-state index contributed by atoms with van der Waals surface area (Å²) in [4.78, 5) is 10.6. The van der Waals surface area contributed by atoms with Crippen LogP contribution in [0.15, 0.2) is 11.6 Å². The van der Waals surface area contributed by atoms with E-state index in [1.165, 1.54) is 6.08 Å². The Labute approximate surface area is 103 Å². The molecular weight excluding hydrogens is 220 g/mol. The quantitative estimate of drug-likeness (QED) is 0.727. The molecule has 0 aromatic heterocycles. The van der Waals surface area contributed by atoms with E-state index in [1.54, 1.807) is 0 Å². The van der Waals surface area contributed by atoms with E-state index < -0.39 is 5.97 Å². The molecule has 4 nitrogen and oxygen atoms in total. The van der Waals surface area contributed by atoms with Crippen LogP contribution < -0.4 is 0 Å². The zero-order valence-corrected chi connectivity index (χ0v) is 10.6. The highest BCUT2D eigenvalue weighted by Gasteiger charge is 2.14. The highest BCUT2D eigenvalue weighted by molar-refractivity contribution is 5.80. The molecule has 0 spiro atoms. The number of carbonyl (C=O) groups is 1. The van der Waals surface area contributed by atoms with Gasteiger partial charge in [-0.1, -0.05) is 19.4 Å². The Bertz CT molecular complexity index is 265. The second-order valence-corrected chi connectivity index (χ2v) is 4.63. The summed E-state index contributed by atoms with van der Waals surface area (Å²) in [5.74, 6) is -0.649. The van der Waals surface area contributed by atoms with E-state index in [2.05, 4.69) is 0 Å².